The first-order valence-electron chi connectivity index (χ1n) is 7.54. The van der Waals surface area contributed by atoms with Crippen molar-refractivity contribution in [2.45, 2.75) is 13.3 Å². The molecule has 0 spiro atoms. The minimum atomic E-state index is -0.390. The lowest BCUT2D eigenvalue weighted by Gasteiger charge is -2.06. The molecule has 2 N–H and O–H groups in total. The van der Waals surface area contributed by atoms with Crippen molar-refractivity contribution in [1.82, 2.24) is 10.7 Å². The van der Waals surface area contributed by atoms with Gasteiger partial charge in [0.25, 0.3) is 11.8 Å². The lowest BCUT2D eigenvalue weighted by molar-refractivity contribution is -0.120. The van der Waals surface area contributed by atoms with Crippen LogP contribution in [0.2, 0.25) is 5.02 Å². The molecule has 2 rings (SSSR count). The molecule has 5 nitrogen and oxygen atoms in total. The molecule has 2 aromatic rings. The molecule has 0 fully saturated rings. The molecule has 24 heavy (non-hydrogen) atoms. The topological polar surface area (TPSA) is 70.6 Å². The molecule has 0 heterocycles. The molecule has 0 aliphatic rings. The third-order valence-corrected chi connectivity index (χ3v) is 3.53. The number of carbonyl (C=O) groups excluding carboxylic acids is 2. The molecule has 0 saturated heterocycles. The van der Waals surface area contributed by atoms with Crippen LogP contribution < -0.4 is 10.7 Å². The van der Waals surface area contributed by atoms with Crippen LogP contribution in [-0.2, 0) is 4.79 Å². The van der Waals surface area contributed by atoms with Crippen molar-refractivity contribution in [3.63, 3.8) is 0 Å². The lowest BCUT2D eigenvalue weighted by atomic mass is 10.1. The van der Waals surface area contributed by atoms with Crippen LogP contribution in [0.1, 0.15) is 29.3 Å². The maximum absolute atomic E-state index is 11.9. The zero-order valence-electron chi connectivity index (χ0n) is 13.3. The number of nitrogens with zero attached hydrogens (tertiary/aromatic N) is 1. The Morgan fingerprint density at radius 1 is 1.00 bits per heavy atom. The van der Waals surface area contributed by atoms with Gasteiger partial charge in [0, 0.05) is 10.6 Å². The van der Waals surface area contributed by atoms with Crippen LogP contribution in [0.15, 0.2) is 59.7 Å². The summed E-state index contributed by atoms with van der Waals surface area (Å²) >= 11 is 5.77. The highest BCUT2D eigenvalue weighted by Gasteiger charge is 2.08. The highest BCUT2D eigenvalue weighted by Crippen LogP contribution is 2.09. The first kappa shape index (κ1) is 17.7. The van der Waals surface area contributed by atoms with Crippen molar-refractivity contribution in [2.75, 3.05) is 6.54 Å². The smallest absolute Gasteiger partial charge is 0.259 e. The second kappa shape index (κ2) is 8.84. The molecule has 0 saturated carbocycles. The number of carbonyl (C=O) groups is 2. The van der Waals surface area contributed by atoms with Gasteiger partial charge in [-0.3, -0.25) is 9.59 Å². The Morgan fingerprint density at radius 3 is 2.29 bits per heavy atom. The minimum absolute atomic E-state index is 0.156. The summed E-state index contributed by atoms with van der Waals surface area (Å²) in [5, 5.41) is 7.21. The van der Waals surface area contributed by atoms with Gasteiger partial charge in [-0.15, -0.1) is 0 Å². The van der Waals surface area contributed by atoms with Gasteiger partial charge >= 0.3 is 0 Å². The first-order valence-corrected chi connectivity index (χ1v) is 7.92. The Labute approximate surface area is 145 Å². The third kappa shape index (κ3) is 5.21. The molecule has 0 aromatic heterocycles. The van der Waals surface area contributed by atoms with Gasteiger partial charge in [0.2, 0.25) is 0 Å². The van der Waals surface area contributed by atoms with E-state index in [1.807, 2.05) is 37.3 Å². The van der Waals surface area contributed by atoms with Crippen molar-refractivity contribution in [1.29, 1.82) is 0 Å². The average molecular weight is 344 g/mol. The molecule has 0 atom stereocenters. The Balaban J connectivity index is 1.87. The number of halogens is 1. The van der Waals surface area contributed by atoms with E-state index in [1.54, 1.807) is 24.3 Å². The highest BCUT2D eigenvalue weighted by atomic mass is 35.5. The number of hydrazone groups is 1. The van der Waals surface area contributed by atoms with E-state index in [1.165, 1.54) is 0 Å². The van der Waals surface area contributed by atoms with Crippen LogP contribution in [-0.4, -0.2) is 24.1 Å². The summed E-state index contributed by atoms with van der Waals surface area (Å²) in [5.41, 5.74) is 4.62. The molecule has 0 aliphatic carbocycles. The quantitative estimate of drug-likeness (QED) is 0.625. The summed E-state index contributed by atoms with van der Waals surface area (Å²) in [6.45, 7) is 1.80. The summed E-state index contributed by atoms with van der Waals surface area (Å²) in [5.74, 6) is -0.733. The summed E-state index contributed by atoms with van der Waals surface area (Å²) in [6, 6.07) is 16.0. The largest absolute Gasteiger partial charge is 0.343 e. The maximum atomic E-state index is 11.9. The molecule has 0 aliphatic heterocycles. The third-order valence-electron chi connectivity index (χ3n) is 3.27. The van der Waals surface area contributed by atoms with Gasteiger partial charge in [0.1, 0.15) is 0 Å². The van der Waals surface area contributed by atoms with Crippen LogP contribution in [0, 0.1) is 0 Å². The SMILES string of the molecule is CC/C(=N\NC(=O)CNC(=O)c1ccc(Cl)cc1)c1ccccc1. The van der Waals surface area contributed by atoms with Crippen molar-refractivity contribution in [3.8, 4) is 0 Å². The first-order chi connectivity index (χ1) is 11.6. The molecule has 2 aromatic carbocycles. The van der Waals surface area contributed by atoms with Crippen molar-refractivity contribution < 1.29 is 9.59 Å². The number of benzene rings is 2. The number of amides is 2. The molecule has 0 unspecified atom stereocenters. The molecule has 124 valence electrons. The Morgan fingerprint density at radius 2 is 1.67 bits per heavy atom. The van der Waals surface area contributed by atoms with E-state index < -0.39 is 0 Å². The van der Waals surface area contributed by atoms with Gasteiger partial charge in [-0.05, 0) is 36.2 Å². The average Bonchev–Trinajstić information content (AvgIpc) is 2.61. The van der Waals surface area contributed by atoms with E-state index in [4.69, 9.17) is 11.6 Å². The highest BCUT2D eigenvalue weighted by molar-refractivity contribution is 6.30. The fourth-order valence-electron chi connectivity index (χ4n) is 2.01. The van der Waals surface area contributed by atoms with Crippen molar-refractivity contribution in [2.24, 2.45) is 5.10 Å². The van der Waals surface area contributed by atoms with E-state index in [0.29, 0.717) is 17.0 Å². The molecular formula is C18H18ClN3O2. The van der Waals surface area contributed by atoms with Crippen LogP contribution in [0.25, 0.3) is 0 Å². The number of hydrogen-bond donors (Lipinski definition) is 2. The van der Waals surface area contributed by atoms with Gasteiger partial charge in [0.05, 0.1) is 12.3 Å². The zero-order chi connectivity index (χ0) is 17.4. The van der Waals surface area contributed by atoms with E-state index in [9.17, 15) is 9.59 Å². The molecule has 0 bridgehead atoms. The van der Waals surface area contributed by atoms with Gasteiger partial charge in [0.15, 0.2) is 0 Å². The van der Waals surface area contributed by atoms with Gasteiger partial charge in [-0.1, -0.05) is 48.9 Å². The van der Waals surface area contributed by atoms with Gasteiger partial charge in [-0.25, -0.2) is 5.43 Å². The summed E-state index contributed by atoms with van der Waals surface area (Å²) in [4.78, 5) is 23.7. The van der Waals surface area contributed by atoms with Crippen LogP contribution in [0.4, 0.5) is 0 Å². The summed E-state index contributed by atoms with van der Waals surface area (Å²) in [7, 11) is 0. The van der Waals surface area contributed by atoms with Gasteiger partial charge < -0.3 is 5.32 Å². The molecule has 2 amide bonds. The second-order valence-corrected chi connectivity index (χ2v) is 5.44. The number of nitrogens with one attached hydrogen (secondary N) is 2. The van der Waals surface area contributed by atoms with Crippen molar-refractivity contribution >= 4 is 29.1 Å². The van der Waals surface area contributed by atoms with E-state index >= 15 is 0 Å². The minimum Gasteiger partial charge on any atom is -0.343 e. The molecule has 0 radical (unpaired) electrons. The standard InChI is InChI=1S/C18H18ClN3O2/c1-2-16(13-6-4-3-5-7-13)21-22-17(23)12-20-18(24)14-8-10-15(19)11-9-14/h3-11H,2,12H2,1H3,(H,20,24)(H,22,23)/b21-16+. The van der Waals surface area contributed by atoms with Crippen LogP contribution >= 0.6 is 11.6 Å². The maximum Gasteiger partial charge on any atom is 0.259 e. The fraction of sp³-hybridized carbons (Fsp3) is 0.167. The van der Waals surface area contributed by atoms with Crippen molar-refractivity contribution in [3.05, 3.63) is 70.7 Å². The summed E-state index contributed by atoms with van der Waals surface area (Å²) in [6.07, 6.45) is 0.682. The van der Waals surface area contributed by atoms with E-state index in [2.05, 4.69) is 15.8 Å². The predicted molar refractivity (Wildman–Crippen MR) is 95.2 cm³/mol. The summed E-state index contributed by atoms with van der Waals surface area (Å²) < 4.78 is 0. The Hall–Kier alpha value is -2.66. The Bertz CT molecular complexity index is 728. The number of hydrogen-bond acceptors (Lipinski definition) is 3. The molecule has 6 heteroatoms. The normalized spacial score (nSPS) is 11.0. The molecular weight excluding hydrogens is 326 g/mol. The fourth-order valence-corrected chi connectivity index (χ4v) is 2.14. The predicted octanol–water partition coefficient (Wildman–Crippen LogP) is 3.00. The zero-order valence-corrected chi connectivity index (χ0v) is 14.0. The second-order valence-electron chi connectivity index (χ2n) is 5.00. The van der Waals surface area contributed by atoms with Gasteiger partial charge in [-0.2, -0.15) is 5.10 Å². The lowest BCUT2D eigenvalue weighted by Crippen LogP contribution is -2.35. The Kier molecular flexibility index (Phi) is 6.51. The van der Waals surface area contributed by atoms with E-state index in [0.717, 1.165) is 11.3 Å². The number of rotatable bonds is 6. The van der Waals surface area contributed by atoms with Crippen LogP contribution in [0.5, 0.6) is 0 Å². The van der Waals surface area contributed by atoms with Crippen LogP contribution in [0.3, 0.4) is 0 Å². The van der Waals surface area contributed by atoms with E-state index in [-0.39, 0.29) is 18.4 Å². The monoisotopic (exact) mass is 343 g/mol.